The number of rotatable bonds is 3. The molecule has 3 heterocycles. The van der Waals surface area contributed by atoms with E-state index in [2.05, 4.69) is 27.2 Å². The molecule has 2 aromatic heterocycles. The van der Waals surface area contributed by atoms with Crippen molar-refractivity contribution in [1.82, 2.24) is 20.1 Å². The molecule has 1 aromatic carbocycles. The van der Waals surface area contributed by atoms with E-state index in [1.807, 2.05) is 12.1 Å². The Bertz CT molecular complexity index is 1380. The number of pyridine rings is 1. The lowest BCUT2D eigenvalue weighted by molar-refractivity contribution is -0.120. The summed E-state index contributed by atoms with van der Waals surface area (Å²) in [5.41, 5.74) is 1.84. The Morgan fingerprint density at radius 1 is 1.28 bits per heavy atom. The van der Waals surface area contributed by atoms with Crippen LogP contribution in [0.5, 0.6) is 0 Å². The molecule has 0 spiro atoms. The molecule has 36 heavy (non-hydrogen) atoms. The summed E-state index contributed by atoms with van der Waals surface area (Å²) in [7, 11) is 1.64. The molecule has 8 nitrogen and oxygen atoms in total. The molecule has 0 aliphatic carbocycles. The number of benzene rings is 1. The maximum absolute atomic E-state index is 13.8. The van der Waals surface area contributed by atoms with Gasteiger partial charge in [0.15, 0.2) is 0 Å². The van der Waals surface area contributed by atoms with E-state index in [-0.39, 0.29) is 17.9 Å². The molecule has 1 aliphatic heterocycles. The lowest BCUT2D eigenvalue weighted by Crippen LogP contribution is -2.48. The van der Waals surface area contributed by atoms with Crippen LogP contribution in [-0.2, 0) is 17.6 Å². The van der Waals surface area contributed by atoms with Gasteiger partial charge in [-0.2, -0.15) is 23.5 Å². The van der Waals surface area contributed by atoms with Crippen molar-refractivity contribution >= 4 is 17.6 Å². The van der Waals surface area contributed by atoms with Gasteiger partial charge in [-0.15, -0.1) is 0 Å². The summed E-state index contributed by atoms with van der Waals surface area (Å²) in [5.74, 6) is 3.55. The molecule has 0 radical (unpaired) electrons. The normalized spacial score (nSPS) is 15.6. The van der Waals surface area contributed by atoms with Crippen LogP contribution in [0, 0.1) is 23.7 Å². The fourth-order valence-electron chi connectivity index (χ4n) is 3.87. The second-order valence-corrected chi connectivity index (χ2v) is 9.14. The van der Waals surface area contributed by atoms with Gasteiger partial charge in [0.05, 0.1) is 6.20 Å². The van der Waals surface area contributed by atoms with Crippen LogP contribution in [0.1, 0.15) is 42.5 Å². The first-order chi connectivity index (χ1) is 17.0. The summed E-state index contributed by atoms with van der Waals surface area (Å²) < 4.78 is 27.9. The van der Waals surface area contributed by atoms with Crippen molar-refractivity contribution in [1.29, 1.82) is 0 Å². The summed E-state index contributed by atoms with van der Waals surface area (Å²) in [5, 5.41) is 16.6. The fraction of sp³-hybridized carbons (Fsp3) is 0.308. The van der Waals surface area contributed by atoms with Crippen molar-refractivity contribution in [2.45, 2.75) is 44.8 Å². The highest BCUT2D eigenvalue weighted by atomic mass is 19.1. The predicted molar refractivity (Wildman–Crippen MR) is 128 cm³/mol. The van der Waals surface area contributed by atoms with E-state index in [0.717, 1.165) is 16.3 Å². The van der Waals surface area contributed by atoms with Crippen molar-refractivity contribution in [3.05, 3.63) is 76.9 Å². The minimum Gasteiger partial charge on any atom is -0.378 e. The predicted octanol–water partition coefficient (Wildman–Crippen LogP) is 2.81. The van der Waals surface area contributed by atoms with Gasteiger partial charge in [0.2, 0.25) is 17.8 Å². The summed E-state index contributed by atoms with van der Waals surface area (Å²) >= 11 is 0. The number of aromatic nitrogens is 3. The number of amides is 2. The third-order valence-electron chi connectivity index (χ3n) is 5.72. The Kier molecular flexibility index (Phi) is 6.86. The van der Waals surface area contributed by atoms with Crippen molar-refractivity contribution in [3.63, 3.8) is 0 Å². The number of fused-ring (bicyclic) bond motifs is 1. The van der Waals surface area contributed by atoms with E-state index < -0.39 is 29.6 Å². The molecular weight excluding hydrogens is 468 g/mol. The smallest absolute Gasteiger partial charge is 0.342 e. The Morgan fingerprint density at radius 2 is 2.06 bits per heavy atom. The first-order valence-electron chi connectivity index (χ1n) is 11.3. The van der Waals surface area contributed by atoms with Gasteiger partial charge in [-0.1, -0.05) is 17.9 Å². The van der Waals surface area contributed by atoms with Gasteiger partial charge in [0.1, 0.15) is 11.6 Å². The zero-order valence-electron chi connectivity index (χ0n) is 20.0. The topological polar surface area (TPSA) is 100 Å². The molecule has 10 heteroatoms. The number of aliphatic hydroxyl groups is 1. The maximum Gasteiger partial charge on any atom is 0.342 e. The highest BCUT2D eigenvalue weighted by Crippen LogP contribution is 2.27. The Morgan fingerprint density at radius 3 is 2.78 bits per heavy atom. The second-order valence-electron chi connectivity index (χ2n) is 9.14. The molecule has 2 N–H and O–H groups in total. The lowest BCUT2D eigenvalue weighted by Gasteiger charge is -2.22. The molecule has 186 valence electrons. The average Bonchev–Trinajstić information content (AvgIpc) is 3.25. The highest BCUT2D eigenvalue weighted by Gasteiger charge is 2.30. The van der Waals surface area contributed by atoms with Crippen LogP contribution in [0.3, 0.4) is 0 Å². The molecule has 0 fully saturated rings. The Labute approximate surface area is 207 Å². The van der Waals surface area contributed by atoms with E-state index in [4.69, 9.17) is 0 Å². The highest BCUT2D eigenvalue weighted by molar-refractivity contribution is 6.00. The molecular formula is C26H25F2N5O3. The monoisotopic (exact) mass is 493 g/mol. The number of hydrogen-bond donors (Lipinski definition) is 2. The number of carbonyl (C=O) groups is 2. The third kappa shape index (κ3) is 5.75. The summed E-state index contributed by atoms with van der Waals surface area (Å²) in [4.78, 5) is 30.6. The van der Waals surface area contributed by atoms with Gasteiger partial charge >= 0.3 is 6.03 Å². The largest absolute Gasteiger partial charge is 0.378 e. The van der Waals surface area contributed by atoms with E-state index in [1.165, 1.54) is 23.4 Å². The van der Waals surface area contributed by atoms with Gasteiger partial charge in [-0.3, -0.25) is 4.79 Å². The number of nitrogens with one attached hydrogen (secondary N) is 1. The lowest BCUT2D eigenvalue weighted by atomic mass is 10.0. The van der Waals surface area contributed by atoms with Crippen LogP contribution in [0.4, 0.5) is 19.3 Å². The van der Waals surface area contributed by atoms with Crippen molar-refractivity contribution in [2.24, 2.45) is 0 Å². The quantitative estimate of drug-likeness (QED) is 0.432. The number of nitrogens with zero attached hydrogens (tertiary/aromatic N) is 4. The van der Waals surface area contributed by atoms with Gasteiger partial charge in [-0.25, -0.2) is 4.79 Å². The molecule has 0 saturated heterocycles. The van der Waals surface area contributed by atoms with E-state index in [0.29, 0.717) is 29.7 Å². The third-order valence-corrected chi connectivity index (χ3v) is 5.72. The second kappa shape index (κ2) is 9.87. The van der Waals surface area contributed by atoms with E-state index >= 15 is 0 Å². The minimum atomic E-state index is -1.14. The number of halogens is 2. The van der Waals surface area contributed by atoms with Crippen LogP contribution in [0.25, 0.3) is 0 Å². The van der Waals surface area contributed by atoms with Crippen LogP contribution in [0.15, 0.2) is 42.7 Å². The van der Waals surface area contributed by atoms with Crippen LogP contribution < -0.4 is 10.2 Å². The molecule has 3 aromatic rings. The summed E-state index contributed by atoms with van der Waals surface area (Å²) in [6.07, 6.45) is 3.83. The first-order valence-corrected chi connectivity index (χ1v) is 11.3. The minimum absolute atomic E-state index is 0.0749. The van der Waals surface area contributed by atoms with Gasteiger partial charge < -0.3 is 15.3 Å². The van der Waals surface area contributed by atoms with Gasteiger partial charge in [0, 0.05) is 36.5 Å². The number of hydrogen-bond acceptors (Lipinski definition) is 5. The summed E-state index contributed by atoms with van der Waals surface area (Å²) in [6.45, 7) is 3.18. The standard InChI is InChI=1S/C26H25F2N5O3/c1-26(2,36)11-10-16-4-5-18-6-8-20(24(34)32(3)21(18)13-16)30-25(35)33-15-17(14-29-33)12-19-7-9-22(27)31-23(19)28/h4-5,7,9,13-15,20,36H,6,8,12H2,1-3H3,(H,30,35)/t20-/m0/s1. The molecule has 1 aliphatic rings. The number of anilines is 1. The molecule has 1 atom stereocenters. The fourth-order valence-corrected chi connectivity index (χ4v) is 3.87. The van der Waals surface area contributed by atoms with Crippen LogP contribution >= 0.6 is 0 Å². The SMILES string of the molecule is CN1C(=O)[C@@H](NC(=O)n2cc(Cc3ccc(F)nc3F)cn2)CCc2ccc(C#CC(C)(C)O)cc21. The zero-order chi connectivity index (χ0) is 26.0. The van der Waals surface area contributed by atoms with Gasteiger partial charge in [0.25, 0.3) is 0 Å². The van der Waals surface area contributed by atoms with E-state index in [1.54, 1.807) is 27.0 Å². The zero-order valence-corrected chi connectivity index (χ0v) is 20.0. The maximum atomic E-state index is 13.8. The van der Waals surface area contributed by atoms with Gasteiger partial charge in [-0.05, 0) is 62.1 Å². The molecule has 0 unspecified atom stereocenters. The average molecular weight is 494 g/mol. The number of aryl methyl sites for hydroxylation is 1. The first kappa shape index (κ1) is 25.0. The van der Waals surface area contributed by atoms with E-state index in [9.17, 15) is 23.5 Å². The number of likely N-dealkylation sites (N-methyl/N-ethyl adjacent to an activating group) is 1. The molecule has 0 saturated carbocycles. The molecule has 0 bridgehead atoms. The molecule has 4 rings (SSSR count). The van der Waals surface area contributed by atoms with Crippen molar-refractivity contribution in [2.75, 3.05) is 11.9 Å². The summed E-state index contributed by atoms with van der Waals surface area (Å²) in [6, 6.07) is 6.47. The van der Waals surface area contributed by atoms with Crippen LogP contribution in [0.2, 0.25) is 0 Å². The Balaban J connectivity index is 1.46. The van der Waals surface area contributed by atoms with Crippen LogP contribution in [-0.4, -0.2) is 50.5 Å². The number of carbonyl (C=O) groups excluding carboxylic acids is 2. The molecule has 2 amide bonds. The van der Waals surface area contributed by atoms with Crippen molar-refractivity contribution in [3.8, 4) is 11.8 Å². The van der Waals surface area contributed by atoms with Crippen molar-refractivity contribution < 1.29 is 23.5 Å². The Hall–Kier alpha value is -4.10.